The Kier molecular flexibility index (Phi) is 6.43. The minimum absolute atomic E-state index is 0.0243. The standard InChI is InChI=1S/C26H39N7O3/c1-15(2)33-21-10-18(9-8-17(21)12-27-33)28-24(35)22-11-19(34)13-31(22)25(36)23(26(3,4)5)32-14-20(29-30-32)16-6-7-16/h12,14-16,18-19,22-23,34H,6-11,13H2,1-5H3,(H,28,35)/t18?,19?,22?,23-/m1/s1. The fraction of sp³-hybridized carbons (Fsp3) is 0.731. The van der Waals surface area contributed by atoms with Crippen LogP contribution >= 0.6 is 0 Å². The summed E-state index contributed by atoms with van der Waals surface area (Å²) in [5.41, 5.74) is 2.89. The van der Waals surface area contributed by atoms with Gasteiger partial charge in [-0.15, -0.1) is 5.10 Å². The van der Waals surface area contributed by atoms with Crippen LogP contribution in [0, 0.1) is 5.41 Å². The first-order chi connectivity index (χ1) is 17.0. The van der Waals surface area contributed by atoms with Gasteiger partial charge in [-0.3, -0.25) is 14.3 Å². The number of aliphatic hydroxyl groups is 1. The highest BCUT2D eigenvalue weighted by Crippen LogP contribution is 2.40. The van der Waals surface area contributed by atoms with Crippen LogP contribution in [0.3, 0.4) is 0 Å². The van der Waals surface area contributed by atoms with E-state index in [1.807, 2.05) is 37.8 Å². The summed E-state index contributed by atoms with van der Waals surface area (Å²) in [5, 5.41) is 26.8. The van der Waals surface area contributed by atoms with Gasteiger partial charge < -0.3 is 15.3 Å². The molecule has 3 unspecified atom stereocenters. The quantitative estimate of drug-likeness (QED) is 0.631. The number of aliphatic hydroxyl groups excluding tert-OH is 1. The monoisotopic (exact) mass is 497 g/mol. The van der Waals surface area contributed by atoms with Crippen molar-refractivity contribution in [2.75, 3.05) is 6.54 Å². The highest BCUT2D eigenvalue weighted by atomic mass is 16.3. The van der Waals surface area contributed by atoms with Crippen molar-refractivity contribution in [2.24, 2.45) is 5.41 Å². The Morgan fingerprint density at radius 1 is 1.19 bits per heavy atom. The number of aryl methyl sites for hydroxylation is 1. The summed E-state index contributed by atoms with van der Waals surface area (Å²) in [6.07, 6.45) is 7.95. The third kappa shape index (κ3) is 4.79. The maximum atomic E-state index is 13.9. The lowest BCUT2D eigenvalue weighted by molar-refractivity contribution is -0.144. The summed E-state index contributed by atoms with van der Waals surface area (Å²) < 4.78 is 3.69. The maximum Gasteiger partial charge on any atom is 0.248 e. The van der Waals surface area contributed by atoms with Gasteiger partial charge in [0, 0.05) is 49.3 Å². The van der Waals surface area contributed by atoms with Crippen molar-refractivity contribution >= 4 is 11.8 Å². The molecule has 2 fully saturated rings. The molecule has 4 atom stereocenters. The smallest absolute Gasteiger partial charge is 0.248 e. The van der Waals surface area contributed by atoms with Crippen LogP contribution in [-0.4, -0.2) is 71.3 Å². The van der Waals surface area contributed by atoms with Gasteiger partial charge in [-0.05, 0) is 50.5 Å². The number of rotatable bonds is 6. The Morgan fingerprint density at radius 3 is 2.61 bits per heavy atom. The molecular weight excluding hydrogens is 458 g/mol. The number of amides is 2. The second-order valence-electron chi connectivity index (χ2n) is 12.2. The van der Waals surface area contributed by atoms with Crippen LogP contribution in [0.4, 0.5) is 0 Å². The fourth-order valence-electron chi connectivity index (χ4n) is 5.71. The topological polar surface area (TPSA) is 118 Å². The summed E-state index contributed by atoms with van der Waals surface area (Å²) in [6, 6.07) is -1.09. The molecule has 2 aromatic rings. The summed E-state index contributed by atoms with van der Waals surface area (Å²) in [4.78, 5) is 29.0. The molecule has 1 saturated heterocycles. The van der Waals surface area contributed by atoms with E-state index in [1.165, 1.54) is 11.3 Å². The maximum absolute atomic E-state index is 13.9. The number of nitrogens with one attached hydrogen (secondary N) is 1. The molecule has 2 aromatic heterocycles. The van der Waals surface area contributed by atoms with Gasteiger partial charge >= 0.3 is 0 Å². The Bertz CT molecular complexity index is 1130. The molecule has 3 heterocycles. The van der Waals surface area contributed by atoms with Gasteiger partial charge in [-0.2, -0.15) is 5.10 Å². The Balaban J connectivity index is 1.32. The summed E-state index contributed by atoms with van der Waals surface area (Å²) >= 11 is 0. The van der Waals surface area contributed by atoms with Gasteiger partial charge in [0.05, 0.1) is 18.0 Å². The molecule has 1 saturated carbocycles. The number of β-amino-alcohol motifs (C(OH)–C–C–N with tert-alkyl or cyclic N) is 1. The van der Waals surface area contributed by atoms with Gasteiger partial charge in [0.2, 0.25) is 11.8 Å². The number of carbonyl (C=O) groups excluding carboxylic acids is 2. The lowest BCUT2D eigenvalue weighted by Gasteiger charge is -2.35. The molecule has 10 nitrogen and oxygen atoms in total. The molecular formula is C26H39N7O3. The minimum Gasteiger partial charge on any atom is -0.391 e. The number of aromatic nitrogens is 5. The highest BCUT2D eigenvalue weighted by Gasteiger charge is 2.46. The molecule has 0 spiro atoms. The predicted molar refractivity (Wildman–Crippen MR) is 133 cm³/mol. The van der Waals surface area contributed by atoms with E-state index in [0.29, 0.717) is 5.92 Å². The number of hydrogen-bond donors (Lipinski definition) is 2. The zero-order chi connectivity index (χ0) is 25.8. The Morgan fingerprint density at radius 2 is 1.94 bits per heavy atom. The van der Waals surface area contributed by atoms with Crippen LogP contribution in [0.15, 0.2) is 12.4 Å². The first kappa shape index (κ1) is 24.9. The van der Waals surface area contributed by atoms with E-state index in [9.17, 15) is 14.7 Å². The lowest BCUT2D eigenvalue weighted by atomic mass is 9.85. The van der Waals surface area contributed by atoms with E-state index in [2.05, 4.69) is 34.6 Å². The molecule has 10 heteroatoms. The molecule has 2 aliphatic carbocycles. The molecule has 196 valence electrons. The zero-order valence-corrected chi connectivity index (χ0v) is 22.0. The normalized spacial score (nSPS) is 25.2. The van der Waals surface area contributed by atoms with Crippen molar-refractivity contribution < 1.29 is 14.7 Å². The van der Waals surface area contributed by atoms with Crippen molar-refractivity contribution in [3.63, 3.8) is 0 Å². The Labute approximate surface area is 212 Å². The average Bonchev–Trinajstić information content (AvgIpc) is 3.20. The average molecular weight is 498 g/mol. The first-order valence-corrected chi connectivity index (χ1v) is 13.3. The molecule has 2 N–H and O–H groups in total. The van der Waals surface area contributed by atoms with Crippen molar-refractivity contribution in [1.82, 2.24) is 35.0 Å². The van der Waals surface area contributed by atoms with E-state index >= 15 is 0 Å². The molecule has 0 radical (unpaired) electrons. The predicted octanol–water partition coefficient (Wildman–Crippen LogP) is 2.16. The summed E-state index contributed by atoms with van der Waals surface area (Å²) in [6.45, 7) is 10.3. The number of nitrogens with zero attached hydrogens (tertiary/aromatic N) is 6. The Hall–Kier alpha value is -2.75. The van der Waals surface area contributed by atoms with Crippen LogP contribution in [-0.2, 0) is 22.4 Å². The molecule has 0 aromatic carbocycles. The molecule has 1 aliphatic heterocycles. The number of hydrogen-bond acceptors (Lipinski definition) is 6. The van der Waals surface area contributed by atoms with Crippen molar-refractivity contribution in [3.05, 3.63) is 29.3 Å². The largest absolute Gasteiger partial charge is 0.391 e. The second-order valence-corrected chi connectivity index (χ2v) is 12.2. The lowest BCUT2D eigenvalue weighted by Crippen LogP contribution is -2.52. The zero-order valence-electron chi connectivity index (χ0n) is 22.0. The van der Waals surface area contributed by atoms with Gasteiger partial charge in [-0.25, -0.2) is 4.68 Å². The van der Waals surface area contributed by atoms with E-state index in [-0.39, 0.29) is 36.9 Å². The number of fused-ring (bicyclic) bond motifs is 1. The van der Waals surface area contributed by atoms with Crippen molar-refractivity contribution in [3.8, 4) is 0 Å². The van der Waals surface area contributed by atoms with Crippen LogP contribution in [0.5, 0.6) is 0 Å². The van der Waals surface area contributed by atoms with Crippen LogP contribution in [0.25, 0.3) is 0 Å². The van der Waals surface area contributed by atoms with Crippen molar-refractivity contribution in [1.29, 1.82) is 0 Å². The molecule has 5 rings (SSSR count). The third-order valence-corrected chi connectivity index (χ3v) is 7.73. The number of carbonyl (C=O) groups is 2. The minimum atomic E-state index is -0.733. The van der Waals surface area contributed by atoms with Gasteiger partial charge in [0.15, 0.2) is 0 Å². The summed E-state index contributed by atoms with van der Waals surface area (Å²) in [7, 11) is 0. The van der Waals surface area contributed by atoms with E-state index < -0.39 is 23.6 Å². The van der Waals surface area contributed by atoms with E-state index in [4.69, 9.17) is 0 Å². The fourth-order valence-corrected chi connectivity index (χ4v) is 5.71. The first-order valence-electron chi connectivity index (χ1n) is 13.3. The third-order valence-electron chi connectivity index (χ3n) is 7.73. The SMILES string of the molecule is CC(C)n1ncc2c1CC(NC(=O)C1CC(O)CN1C(=O)[C@@H](n1cc(C3CC3)nn1)C(C)(C)C)CC2. The van der Waals surface area contributed by atoms with Crippen LogP contribution in [0.1, 0.15) is 95.3 Å². The molecule has 2 amide bonds. The van der Waals surface area contributed by atoms with Gasteiger partial charge in [-0.1, -0.05) is 26.0 Å². The number of likely N-dealkylation sites (tertiary alicyclic amines) is 1. The van der Waals surface area contributed by atoms with Crippen LogP contribution < -0.4 is 5.32 Å². The van der Waals surface area contributed by atoms with Crippen LogP contribution in [0.2, 0.25) is 0 Å². The molecule has 36 heavy (non-hydrogen) atoms. The van der Waals surface area contributed by atoms with E-state index in [0.717, 1.165) is 37.8 Å². The van der Waals surface area contributed by atoms with Gasteiger partial charge in [0.1, 0.15) is 12.1 Å². The van der Waals surface area contributed by atoms with Gasteiger partial charge in [0.25, 0.3) is 0 Å². The summed E-state index contributed by atoms with van der Waals surface area (Å²) in [5.74, 6) is 0.0359. The molecule has 3 aliphatic rings. The second kappa shape index (κ2) is 9.28. The van der Waals surface area contributed by atoms with Crippen molar-refractivity contribution in [2.45, 2.75) is 109 Å². The highest BCUT2D eigenvalue weighted by molar-refractivity contribution is 5.90. The molecule has 0 bridgehead atoms. The van der Waals surface area contributed by atoms with E-state index in [1.54, 1.807) is 9.58 Å².